The second kappa shape index (κ2) is 5.14. The molecule has 1 aliphatic rings. The zero-order valence-corrected chi connectivity index (χ0v) is 9.56. The number of benzene rings is 1. The van der Waals surface area contributed by atoms with Gasteiger partial charge in [-0.3, -0.25) is 0 Å². The summed E-state index contributed by atoms with van der Waals surface area (Å²) in [6, 6.07) is 2.21. The molecule has 0 amide bonds. The summed E-state index contributed by atoms with van der Waals surface area (Å²) in [4.78, 5) is 0. The van der Waals surface area contributed by atoms with Gasteiger partial charge in [0.2, 0.25) is 0 Å². The Morgan fingerprint density at radius 3 is 2.67 bits per heavy atom. The summed E-state index contributed by atoms with van der Waals surface area (Å²) in [5, 5.41) is 3.05. The molecule has 0 radical (unpaired) electrons. The van der Waals surface area contributed by atoms with Crippen LogP contribution in [0.25, 0.3) is 0 Å². The summed E-state index contributed by atoms with van der Waals surface area (Å²) in [6.07, 6.45) is -3.19. The van der Waals surface area contributed by atoms with Crippen LogP contribution >= 0.6 is 0 Å². The van der Waals surface area contributed by atoms with Crippen LogP contribution in [0.15, 0.2) is 18.2 Å². The molecule has 1 N–H and O–H groups in total. The molecule has 1 aromatic carbocycles. The van der Waals surface area contributed by atoms with Crippen LogP contribution in [0.4, 0.5) is 17.6 Å². The lowest BCUT2D eigenvalue weighted by Gasteiger charge is -2.24. The quantitative estimate of drug-likeness (QED) is 0.828. The molecule has 1 unspecified atom stereocenters. The van der Waals surface area contributed by atoms with Gasteiger partial charge in [0.25, 0.3) is 0 Å². The largest absolute Gasteiger partial charge is 0.486 e. The molecule has 2 rings (SSSR count). The minimum Gasteiger partial charge on any atom is -0.486 e. The summed E-state index contributed by atoms with van der Waals surface area (Å²) in [5.41, 5.74) is -0.900. The van der Waals surface area contributed by atoms with Crippen molar-refractivity contribution in [2.45, 2.75) is 25.1 Å². The summed E-state index contributed by atoms with van der Waals surface area (Å²) < 4.78 is 56.1. The van der Waals surface area contributed by atoms with Crippen LogP contribution in [0.5, 0.6) is 5.75 Å². The first-order chi connectivity index (χ1) is 8.47. The molecule has 18 heavy (non-hydrogen) atoms. The van der Waals surface area contributed by atoms with Crippen LogP contribution in [-0.2, 0) is 6.18 Å². The maximum atomic E-state index is 13.4. The van der Waals surface area contributed by atoms with E-state index in [4.69, 9.17) is 4.74 Å². The van der Waals surface area contributed by atoms with Crippen LogP contribution in [0.1, 0.15) is 18.4 Å². The van der Waals surface area contributed by atoms with Crippen molar-refractivity contribution in [2.75, 3.05) is 13.1 Å². The third-order valence-corrected chi connectivity index (χ3v) is 2.80. The molecular weight excluding hydrogens is 250 g/mol. The molecule has 1 fully saturated rings. The van der Waals surface area contributed by atoms with Crippen LogP contribution < -0.4 is 10.1 Å². The highest BCUT2D eigenvalue weighted by molar-refractivity contribution is 5.32. The topological polar surface area (TPSA) is 21.3 Å². The van der Waals surface area contributed by atoms with Gasteiger partial charge in [-0.1, -0.05) is 0 Å². The van der Waals surface area contributed by atoms with Crippen LogP contribution in [0.2, 0.25) is 0 Å². The molecule has 100 valence electrons. The normalized spacial score (nSPS) is 20.8. The van der Waals surface area contributed by atoms with Crippen molar-refractivity contribution in [3.05, 3.63) is 29.6 Å². The number of nitrogens with one attached hydrogen (secondary N) is 1. The molecule has 6 heteroatoms. The van der Waals surface area contributed by atoms with E-state index in [1.165, 1.54) is 0 Å². The van der Waals surface area contributed by atoms with Crippen molar-refractivity contribution >= 4 is 0 Å². The fourth-order valence-electron chi connectivity index (χ4n) is 1.87. The van der Waals surface area contributed by atoms with Gasteiger partial charge in [-0.25, -0.2) is 4.39 Å². The number of piperidine rings is 1. The smallest absolute Gasteiger partial charge is 0.416 e. The van der Waals surface area contributed by atoms with Crippen molar-refractivity contribution in [3.63, 3.8) is 0 Å². The molecule has 1 atom stereocenters. The second-order valence-corrected chi connectivity index (χ2v) is 4.23. The Balaban J connectivity index is 2.15. The van der Waals surface area contributed by atoms with Crippen LogP contribution in [0, 0.1) is 5.82 Å². The molecule has 0 bridgehead atoms. The summed E-state index contributed by atoms with van der Waals surface area (Å²) in [7, 11) is 0. The number of hydrogen-bond acceptors (Lipinski definition) is 2. The van der Waals surface area contributed by atoms with Crippen molar-refractivity contribution < 1.29 is 22.3 Å². The minimum absolute atomic E-state index is 0.281. The van der Waals surface area contributed by atoms with E-state index >= 15 is 0 Å². The van der Waals surface area contributed by atoms with Gasteiger partial charge >= 0.3 is 6.18 Å². The van der Waals surface area contributed by atoms with Gasteiger partial charge < -0.3 is 10.1 Å². The molecule has 2 nitrogen and oxygen atoms in total. The number of ether oxygens (including phenoxy) is 1. The Labute approximate surface area is 102 Å². The maximum absolute atomic E-state index is 13.4. The van der Waals surface area contributed by atoms with Gasteiger partial charge in [0.15, 0.2) is 11.6 Å². The zero-order valence-electron chi connectivity index (χ0n) is 9.56. The first-order valence-electron chi connectivity index (χ1n) is 5.71. The maximum Gasteiger partial charge on any atom is 0.416 e. The second-order valence-electron chi connectivity index (χ2n) is 4.23. The highest BCUT2D eigenvalue weighted by Gasteiger charge is 2.31. The van der Waals surface area contributed by atoms with Gasteiger partial charge in [0.1, 0.15) is 6.10 Å². The lowest BCUT2D eigenvalue weighted by atomic mass is 10.1. The van der Waals surface area contributed by atoms with E-state index in [1.807, 2.05) is 0 Å². The molecule has 1 aliphatic heterocycles. The highest BCUT2D eigenvalue weighted by atomic mass is 19.4. The standard InChI is InChI=1S/C12H13F4NO/c13-10-4-3-8(12(14,15)16)6-11(10)18-9-2-1-5-17-7-9/h3-4,6,9,17H,1-2,5,7H2. The number of alkyl halides is 3. The first kappa shape index (κ1) is 13.1. The third kappa shape index (κ3) is 3.13. The first-order valence-corrected chi connectivity index (χ1v) is 5.71. The molecule has 1 aromatic rings. The van der Waals surface area contributed by atoms with E-state index in [0.29, 0.717) is 25.1 Å². The highest BCUT2D eigenvalue weighted by Crippen LogP contribution is 2.33. The van der Waals surface area contributed by atoms with Crippen molar-refractivity contribution in [2.24, 2.45) is 0 Å². The molecular formula is C12H13F4NO. The van der Waals surface area contributed by atoms with Gasteiger partial charge in [-0.2, -0.15) is 13.2 Å². The zero-order chi connectivity index (χ0) is 13.2. The predicted molar refractivity (Wildman–Crippen MR) is 57.9 cm³/mol. The SMILES string of the molecule is Fc1ccc(C(F)(F)F)cc1OC1CCCNC1. The Hall–Kier alpha value is -1.30. The average Bonchev–Trinajstić information content (AvgIpc) is 2.32. The minimum atomic E-state index is -4.49. The summed E-state index contributed by atoms with van der Waals surface area (Å²) in [5.74, 6) is -1.10. The lowest BCUT2D eigenvalue weighted by Crippen LogP contribution is -2.37. The lowest BCUT2D eigenvalue weighted by molar-refractivity contribution is -0.137. The Bertz CT molecular complexity index is 413. The monoisotopic (exact) mass is 263 g/mol. The molecule has 0 aliphatic carbocycles. The van der Waals surface area contributed by atoms with E-state index in [-0.39, 0.29) is 11.9 Å². The van der Waals surface area contributed by atoms with E-state index in [9.17, 15) is 17.6 Å². The average molecular weight is 263 g/mol. The fraction of sp³-hybridized carbons (Fsp3) is 0.500. The Morgan fingerprint density at radius 2 is 2.06 bits per heavy atom. The predicted octanol–water partition coefficient (Wildman–Crippen LogP) is 2.98. The fourth-order valence-corrected chi connectivity index (χ4v) is 1.87. The van der Waals surface area contributed by atoms with Crippen molar-refractivity contribution in [1.29, 1.82) is 0 Å². The number of hydrogen-bond donors (Lipinski definition) is 1. The molecule has 1 heterocycles. The van der Waals surface area contributed by atoms with Crippen molar-refractivity contribution in [1.82, 2.24) is 5.32 Å². The number of halogens is 4. The van der Waals surface area contributed by atoms with Gasteiger partial charge in [-0.15, -0.1) is 0 Å². The van der Waals surface area contributed by atoms with E-state index in [0.717, 1.165) is 19.0 Å². The molecule has 0 spiro atoms. The van der Waals surface area contributed by atoms with E-state index in [1.54, 1.807) is 0 Å². The van der Waals surface area contributed by atoms with Crippen molar-refractivity contribution in [3.8, 4) is 5.75 Å². The summed E-state index contributed by atoms with van der Waals surface area (Å²) >= 11 is 0. The van der Waals surface area contributed by atoms with Gasteiger partial charge in [-0.05, 0) is 37.6 Å². The Morgan fingerprint density at radius 1 is 1.28 bits per heavy atom. The number of rotatable bonds is 2. The van der Waals surface area contributed by atoms with E-state index < -0.39 is 17.6 Å². The van der Waals surface area contributed by atoms with Gasteiger partial charge in [0, 0.05) is 6.54 Å². The third-order valence-electron chi connectivity index (χ3n) is 2.80. The van der Waals surface area contributed by atoms with Gasteiger partial charge in [0.05, 0.1) is 5.56 Å². The molecule has 1 saturated heterocycles. The molecule has 0 aromatic heterocycles. The molecule has 0 saturated carbocycles. The van der Waals surface area contributed by atoms with Crippen LogP contribution in [-0.4, -0.2) is 19.2 Å². The van der Waals surface area contributed by atoms with E-state index in [2.05, 4.69) is 5.32 Å². The Kier molecular flexibility index (Phi) is 3.75. The summed E-state index contributed by atoms with van der Waals surface area (Å²) in [6.45, 7) is 1.38. The van der Waals surface area contributed by atoms with Crippen LogP contribution in [0.3, 0.4) is 0 Å².